The zero-order valence-corrected chi connectivity index (χ0v) is 14.9. The maximum Gasteiger partial charge on any atom is 0.227 e. The number of piperazine rings is 1. The molecule has 3 rings (SSSR count). The lowest BCUT2D eigenvalue weighted by Gasteiger charge is -2.35. The van der Waals surface area contributed by atoms with Crippen LogP contribution in [0.1, 0.15) is 11.1 Å². The Bertz CT molecular complexity index is 679. The third kappa shape index (κ3) is 4.83. The smallest absolute Gasteiger partial charge is 0.227 e. The van der Waals surface area contributed by atoms with E-state index in [1.54, 1.807) is 7.11 Å². The molecule has 0 spiro atoms. The fraction of sp³-hybridized carbons (Fsp3) is 0.381. The van der Waals surface area contributed by atoms with E-state index >= 15 is 0 Å². The number of para-hydroxylation sites is 1. The van der Waals surface area contributed by atoms with Gasteiger partial charge in [-0.3, -0.25) is 9.69 Å². The van der Waals surface area contributed by atoms with Crippen molar-refractivity contribution in [1.29, 1.82) is 0 Å². The Morgan fingerprint density at radius 2 is 1.64 bits per heavy atom. The predicted molar refractivity (Wildman–Crippen MR) is 99.9 cm³/mol. The van der Waals surface area contributed by atoms with Gasteiger partial charge in [-0.1, -0.05) is 48.5 Å². The lowest BCUT2D eigenvalue weighted by molar-refractivity contribution is -0.132. The molecule has 0 bridgehead atoms. The molecule has 2 aromatic carbocycles. The topological polar surface area (TPSA) is 32.8 Å². The molecule has 0 aliphatic carbocycles. The summed E-state index contributed by atoms with van der Waals surface area (Å²) in [6, 6.07) is 18.2. The summed E-state index contributed by atoms with van der Waals surface area (Å²) in [5.74, 6) is 1.19. The van der Waals surface area contributed by atoms with E-state index < -0.39 is 0 Å². The fourth-order valence-corrected chi connectivity index (χ4v) is 3.29. The van der Waals surface area contributed by atoms with Crippen LogP contribution in [-0.4, -0.2) is 55.5 Å². The predicted octanol–water partition coefficient (Wildman–Crippen LogP) is 2.62. The number of carbonyl (C=O) groups is 1. The van der Waals surface area contributed by atoms with E-state index in [4.69, 9.17) is 4.74 Å². The van der Waals surface area contributed by atoms with Gasteiger partial charge >= 0.3 is 0 Å². The first-order valence-corrected chi connectivity index (χ1v) is 8.92. The Labute approximate surface area is 150 Å². The van der Waals surface area contributed by atoms with Crippen molar-refractivity contribution < 1.29 is 9.53 Å². The molecular formula is C21H26N2O2. The zero-order chi connectivity index (χ0) is 17.5. The average Bonchev–Trinajstić information content (AvgIpc) is 2.67. The van der Waals surface area contributed by atoms with Crippen molar-refractivity contribution in [2.75, 3.05) is 39.8 Å². The molecule has 0 aromatic heterocycles. The van der Waals surface area contributed by atoms with Crippen LogP contribution in [0.15, 0.2) is 54.6 Å². The summed E-state index contributed by atoms with van der Waals surface area (Å²) < 4.78 is 5.42. The van der Waals surface area contributed by atoms with Crippen LogP contribution in [0.25, 0.3) is 0 Å². The second-order valence-electron chi connectivity index (χ2n) is 6.45. The summed E-state index contributed by atoms with van der Waals surface area (Å²) >= 11 is 0. The summed E-state index contributed by atoms with van der Waals surface area (Å²) in [5.41, 5.74) is 2.33. The first-order valence-electron chi connectivity index (χ1n) is 8.92. The molecule has 1 saturated heterocycles. The van der Waals surface area contributed by atoms with Crippen LogP contribution in [0.5, 0.6) is 5.75 Å². The Morgan fingerprint density at radius 1 is 0.960 bits per heavy atom. The van der Waals surface area contributed by atoms with Gasteiger partial charge in [-0.25, -0.2) is 0 Å². The summed E-state index contributed by atoms with van der Waals surface area (Å²) in [4.78, 5) is 16.8. The highest BCUT2D eigenvalue weighted by atomic mass is 16.5. The minimum Gasteiger partial charge on any atom is -0.496 e. The van der Waals surface area contributed by atoms with Crippen LogP contribution in [0.3, 0.4) is 0 Å². The second-order valence-corrected chi connectivity index (χ2v) is 6.45. The van der Waals surface area contributed by atoms with Gasteiger partial charge in [0.2, 0.25) is 5.91 Å². The van der Waals surface area contributed by atoms with Gasteiger partial charge in [0, 0.05) is 32.7 Å². The van der Waals surface area contributed by atoms with Gasteiger partial charge in [-0.15, -0.1) is 0 Å². The first kappa shape index (κ1) is 17.5. The monoisotopic (exact) mass is 338 g/mol. The van der Waals surface area contributed by atoms with Crippen LogP contribution < -0.4 is 4.74 Å². The van der Waals surface area contributed by atoms with Gasteiger partial charge < -0.3 is 9.64 Å². The summed E-state index contributed by atoms with van der Waals surface area (Å²) in [6.07, 6.45) is 1.48. The van der Waals surface area contributed by atoms with E-state index in [2.05, 4.69) is 17.0 Å². The lowest BCUT2D eigenvalue weighted by Crippen LogP contribution is -2.49. The Kier molecular flexibility index (Phi) is 6.07. The Hall–Kier alpha value is -2.33. The van der Waals surface area contributed by atoms with Crippen molar-refractivity contribution in [1.82, 2.24) is 9.80 Å². The van der Waals surface area contributed by atoms with E-state index in [0.29, 0.717) is 6.42 Å². The van der Waals surface area contributed by atoms with E-state index in [0.717, 1.165) is 50.5 Å². The molecule has 132 valence electrons. The highest BCUT2D eigenvalue weighted by Crippen LogP contribution is 2.18. The molecular weight excluding hydrogens is 312 g/mol. The zero-order valence-electron chi connectivity index (χ0n) is 14.9. The Morgan fingerprint density at radius 3 is 2.36 bits per heavy atom. The van der Waals surface area contributed by atoms with Crippen molar-refractivity contribution in [3.8, 4) is 5.75 Å². The molecule has 1 amide bonds. The van der Waals surface area contributed by atoms with Gasteiger partial charge in [0.15, 0.2) is 0 Å². The number of nitrogens with zero attached hydrogens (tertiary/aromatic N) is 2. The molecule has 4 heteroatoms. The minimum atomic E-state index is 0.232. The molecule has 0 radical (unpaired) electrons. The summed E-state index contributed by atoms with van der Waals surface area (Å²) in [7, 11) is 1.72. The number of carbonyl (C=O) groups excluding carboxylic acids is 1. The molecule has 0 saturated carbocycles. The maximum absolute atomic E-state index is 12.4. The Balaban J connectivity index is 1.45. The molecule has 0 N–H and O–H groups in total. The fourth-order valence-electron chi connectivity index (χ4n) is 3.29. The standard InChI is InChI=1S/C21H26N2O2/c1-25-20-10-6-5-9-19(20)11-12-22-13-15-23(16-14-22)21(24)17-18-7-3-2-4-8-18/h2-10H,11-17H2,1H3. The van der Waals surface area contributed by atoms with Crippen LogP contribution in [0, 0.1) is 0 Å². The third-order valence-electron chi connectivity index (χ3n) is 4.81. The van der Waals surface area contributed by atoms with E-state index in [9.17, 15) is 4.79 Å². The number of rotatable bonds is 6. The van der Waals surface area contributed by atoms with Crippen molar-refractivity contribution >= 4 is 5.91 Å². The number of hydrogen-bond acceptors (Lipinski definition) is 3. The minimum absolute atomic E-state index is 0.232. The summed E-state index contributed by atoms with van der Waals surface area (Å²) in [5, 5.41) is 0. The largest absolute Gasteiger partial charge is 0.496 e. The molecule has 1 aliphatic rings. The lowest BCUT2D eigenvalue weighted by atomic mass is 10.1. The number of ether oxygens (including phenoxy) is 1. The van der Waals surface area contributed by atoms with E-state index in [1.807, 2.05) is 47.4 Å². The first-order chi connectivity index (χ1) is 12.3. The van der Waals surface area contributed by atoms with Crippen LogP contribution in [0.4, 0.5) is 0 Å². The number of benzene rings is 2. The summed E-state index contributed by atoms with van der Waals surface area (Å²) in [6.45, 7) is 4.52. The molecule has 1 aliphatic heterocycles. The van der Waals surface area contributed by atoms with Gasteiger partial charge in [0.25, 0.3) is 0 Å². The molecule has 25 heavy (non-hydrogen) atoms. The van der Waals surface area contributed by atoms with Crippen molar-refractivity contribution in [3.05, 3.63) is 65.7 Å². The normalized spacial score (nSPS) is 15.2. The van der Waals surface area contributed by atoms with E-state index in [-0.39, 0.29) is 5.91 Å². The molecule has 0 unspecified atom stereocenters. The average molecular weight is 338 g/mol. The van der Waals surface area contributed by atoms with Gasteiger partial charge in [-0.2, -0.15) is 0 Å². The number of hydrogen-bond donors (Lipinski definition) is 0. The highest BCUT2D eigenvalue weighted by molar-refractivity contribution is 5.78. The van der Waals surface area contributed by atoms with Crippen LogP contribution >= 0.6 is 0 Å². The quantitative estimate of drug-likeness (QED) is 0.812. The SMILES string of the molecule is COc1ccccc1CCN1CCN(C(=O)Cc2ccccc2)CC1. The second kappa shape index (κ2) is 8.67. The van der Waals surface area contributed by atoms with Gasteiger partial charge in [0.05, 0.1) is 13.5 Å². The highest BCUT2D eigenvalue weighted by Gasteiger charge is 2.21. The van der Waals surface area contributed by atoms with Gasteiger partial charge in [-0.05, 0) is 23.6 Å². The number of amides is 1. The molecule has 2 aromatic rings. The molecule has 1 fully saturated rings. The van der Waals surface area contributed by atoms with Crippen molar-refractivity contribution in [3.63, 3.8) is 0 Å². The molecule has 0 atom stereocenters. The van der Waals surface area contributed by atoms with Crippen molar-refractivity contribution in [2.24, 2.45) is 0 Å². The van der Waals surface area contributed by atoms with Crippen molar-refractivity contribution in [2.45, 2.75) is 12.8 Å². The molecule has 1 heterocycles. The molecule has 4 nitrogen and oxygen atoms in total. The van der Waals surface area contributed by atoms with Crippen LogP contribution in [-0.2, 0) is 17.6 Å². The van der Waals surface area contributed by atoms with Crippen LogP contribution in [0.2, 0.25) is 0 Å². The number of methoxy groups -OCH3 is 1. The third-order valence-corrected chi connectivity index (χ3v) is 4.81. The maximum atomic E-state index is 12.4. The van der Waals surface area contributed by atoms with E-state index in [1.165, 1.54) is 5.56 Å². The van der Waals surface area contributed by atoms with Gasteiger partial charge in [0.1, 0.15) is 5.75 Å².